The highest BCUT2D eigenvalue weighted by atomic mass is 35.5. The summed E-state index contributed by atoms with van der Waals surface area (Å²) in [6, 6.07) is 28.8. The average molecular weight is 432 g/mol. The first-order chi connectivity index (χ1) is 15.3. The molecule has 0 amide bonds. The number of rotatable bonds is 9. The molecule has 0 radical (unpaired) electrons. The lowest BCUT2D eigenvalue weighted by Gasteiger charge is -2.15. The number of hydrogen-bond donors (Lipinski definition) is 0. The molecule has 1 saturated heterocycles. The van der Waals surface area contributed by atoms with Gasteiger partial charge in [-0.15, -0.1) is 0 Å². The molecule has 0 aromatic heterocycles. The molecule has 2 nitrogen and oxygen atoms in total. The molecule has 0 bridgehead atoms. The number of hydrogen-bond acceptors (Lipinski definition) is 2. The molecule has 1 heterocycles. The normalized spacial score (nSPS) is 15.0. The highest BCUT2D eigenvalue weighted by Crippen LogP contribution is 2.35. The van der Waals surface area contributed by atoms with Crippen LogP contribution in [-0.4, -0.2) is 31.1 Å². The Morgan fingerprint density at radius 2 is 1.29 bits per heavy atom. The maximum atomic E-state index is 6.90. The number of likely N-dealkylation sites (tertiary alicyclic amines) is 1. The Bertz CT molecular complexity index is 961. The van der Waals surface area contributed by atoms with E-state index in [-0.39, 0.29) is 0 Å². The standard InChI is InChI=1S/C28H30ClNO/c29-28(25-13-5-2-6-14-25)27(23-11-3-1-4-12-23)24-15-17-26(18-16-24)31-22-10-9-21-30-19-7-8-20-30/h1-6,11-18H,7-10,19-22H2/b28-27-. The van der Waals surface area contributed by atoms with Gasteiger partial charge in [-0.25, -0.2) is 0 Å². The summed E-state index contributed by atoms with van der Waals surface area (Å²) in [5.74, 6) is 0.910. The van der Waals surface area contributed by atoms with E-state index >= 15 is 0 Å². The van der Waals surface area contributed by atoms with E-state index in [1.165, 1.54) is 38.9 Å². The second-order valence-corrected chi connectivity index (χ2v) is 8.43. The number of benzene rings is 3. The zero-order chi connectivity index (χ0) is 21.3. The molecule has 0 saturated carbocycles. The van der Waals surface area contributed by atoms with Crippen LogP contribution in [0.4, 0.5) is 0 Å². The van der Waals surface area contributed by atoms with Crippen molar-refractivity contribution in [1.29, 1.82) is 0 Å². The predicted octanol–water partition coefficient (Wildman–Crippen LogP) is 7.10. The molecule has 0 aliphatic carbocycles. The molecule has 0 spiro atoms. The quantitative estimate of drug-likeness (QED) is 0.264. The van der Waals surface area contributed by atoms with Crippen LogP contribution in [0.3, 0.4) is 0 Å². The number of halogens is 1. The SMILES string of the molecule is Cl/C(=C(/c1ccccc1)c1ccc(OCCCCN2CCCC2)cc1)c1ccccc1. The first-order valence-corrected chi connectivity index (χ1v) is 11.7. The zero-order valence-corrected chi connectivity index (χ0v) is 18.7. The average Bonchev–Trinajstić information content (AvgIpc) is 3.35. The second-order valence-electron chi connectivity index (χ2n) is 8.05. The number of unbranched alkanes of at least 4 members (excludes halogenated alkanes) is 1. The van der Waals surface area contributed by atoms with Gasteiger partial charge in [0.25, 0.3) is 0 Å². The van der Waals surface area contributed by atoms with Crippen molar-refractivity contribution in [2.24, 2.45) is 0 Å². The Hall–Kier alpha value is -2.55. The lowest BCUT2D eigenvalue weighted by Crippen LogP contribution is -2.20. The first-order valence-electron chi connectivity index (χ1n) is 11.3. The van der Waals surface area contributed by atoms with Crippen molar-refractivity contribution >= 4 is 22.2 Å². The minimum atomic E-state index is 0.752. The smallest absolute Gasteiger partial charge is 0.119 e. The minimum Gasteiger partial charge on any atom is -0.494 e. The Kier molecular flexibility index (Phi) is 7.81. The summed E-state index contributed by atoms with van der Waals surface area (Å²) in [5.41, 5.74) is 4.24. The van der Waals surface area contributed by atoms with E-state index in [4.69, 9.17) is 16.3 Å². The molecule has 1 fully saturated rings. The molecular weight excluding hydrogens is 402 g/mol. The van der Waals surface area contributed by atoms with Gasteiger partial charge >= 0.3 is 0 Å². The molecule has 0 unspecified atom stereocenters. The largest absolute Gasteiger partial charge is 0.494 e. The highest BCUT2D eigenvalue weighted by molar-refractivity contribution is 6.53. The summed E-state index contributed by atoms with van der Waals surface area (Å²) in [6.07, 6.45) is 5.01. The van der Waals surface area contributed by atoms with Crippen molar-refractivity contribution in [3.8, 4) is 5.75 Å². The summed E-state index contributed by atoms with van der Waals surface area (Å²) < 4.78 is 5.99. The van der Waals surface area contributed by atoms with E-state index in [9.17, 15) is 0 Å². The van der Waals surface area contributed by atoms with Gasteiger partial charge in [0, 0.05) is 5.57 Å². The number of ether oxygens (including phenoxy) is 1. The third kappa shape index (κ3) is 6.00. The molecule has 1 aliphatic rings. The fourth-order valence-corrected chi connectivity index (χ4v) is 4.45. The van der Waals surface area contributed by atoms with Gasteiger partial charge < -0.3 is 9.64 Å². The highest BCUT2D eigenvalue weighted by Gasteiger charge is 2.13. The van der Waals surface area contributed by atoms with E-state index in [1.807, 2.05) is 60.7 Å². The lowest BCUT2D eigenvalue weighted by atomic mass is 9.95. The Morgan fingerprint density at radius 1 is 0.710 bits per heavy atom. The molecule has 3 aromatic rings. The fourth-order valence-electron chi connectivity index (χ4n) is 4.11. The summed E-state index contributed by atoms with van der Waals surface area (Å²) in [4.78, 5) is 2.56. The van der Waals surface area contributed by atoms with Crippen LogP contribution in [0.15, 0.2) is 84.9 Å². The minimum absolute atomic E-state index is 0.752. The molecule has 3 heteroatoms. The summed E-state index contributed by atoms with van der Waals surface area (Å²) in [6.45, 7) is 4.50. The molecule has 0 N–H and O–H groups in total. The van der Waals surface area contributed by atoms with E-state index < -0.39 is 0 Å². The number of nitrogens with zero attached hydrogens (tertiary/aromatic N) is 1. The predicted molar refractivity (Wildman–Crippen MR) is 131 cm³/mol. The molecule has 0 atom stereocenters. The van der Waals surface area contributed by atoms with Crippen LogP contribution >= 0.6 is 11.6 Å². The van der Waals surface area contributed by atoms with Gasteiger partial charge in [0.1, 0.15) is 5.75 Å². The van der Waals surface area contributed by atoms with Crippen LogP contribution in [0, 0.1) is 0 Å². The Labute approximate surface area is 191 Å². The maximum Gasteiger partial charge on any atom is 0.119 e. The monoisotopic (exact) mass is 431 g/mol. The molecule has 31 heavy (non-hydrogen) atoms. The van der Waals surface area contributed by atoms with E-state index in [2.05, 4.69) is 29.2 Å². The van der Waals surface area contributed by atoms with Crippen molar-refractivity contribution in [3.63, 3.8) is 0 Å². The van der Waals surface area contributed by atoms with Crippen molar-refractivity contribution in [2.45, 2.75) is 25.7 Å². The topological polar surface area (TPSA) is 12.5 Å². The van der Waals surface area contributed by atoms with Gasteiger partial charge in [-0.3, -0.25) is 0 Å². The fraction of sp³-hybridized carbons (Fsp3) is 0.286. The molecule has 1 aliphatic heterocycles. The van der Waals surface area contributed by atoms with Crippen molar-refractivity contribution in [1.82, 2.24) is 4.90 Å². The second kappa shape index (κ2) is 11.2. The molecule has 4 rings (SSSR count). The van der Waals surface area contributed by atoms with Gasteiger partial charge in [0.2, 0.25) is 0 Å². The third-order valence-electron chi connectivity index (χ3n) is 5.79. The van der Waals surface area contributed by atoms with Gasteiger partial charge in [-0.1, -0.05) is 84.4 Å². The van der Waals surface area contributed by atoms with Gasteiger partial charge in [-0.05, 0) is 74.1 Å². The zero-order valence-electron chi connectivity index (χ0n) is 18.0. The Balaban J connectivity index is 1.44. The molecular formula is C28H30ClNO. The van der Waals surface area contributed by atoms with Gasteiger partial charge in [0.15, 0.2) is 0 Å². The van der Waals surface area contributed by atoms with Crippen LogP contribution in [0.5, 0.6) is 5.75 Å². The van der Waals surface area contributed by atoms with E-state index in [0.717, 1.165) is 46.1 Å². The first kappa shape index (κ1) is 21.7. The summed E-state index contributed by atoms with van der Waals surface area (Å²) >= 11 is 6.90. The lowest BCUT2D eigenvalue weighted by molar-refractivity contribution is 0.280. The molecule has 3 aromatic carbocycles. The van der Waals surface area contributed by atoms with E-state index in [1.54, 1.807) is 0 Å². The van der Waals surface area contributed by atoms with Crippen molar-refractivity contribution < 1.29 is 4.74 Å². The molecule has 160 valence electrons. The van der Waals surface area contributed by atoms with Crippen LogP contribution in [-0.2, 0) is 0 Å². The third-order valence-corrected chi connectivity index (χ3v) is 6.20. The summed E-state index contributed by atoms with van der Waals surface area (Å²) in [5, 5.41) is 0.752. The Morgan fingerprint density at radius 3 is 1.94 bits per heavy atom. The van der Waals surface area contributed by atoms with Crippen LogP contribution in [0.1, 0.15) is 42.4 Å². The maximum absolute atomic E-state index is 6.90. The van der Waals surface area contributed by atoms with Crippen molar-refractivity contribution in [3.05, 3.63) is 102 Å². The van der Waals surface area contributed by atoms with Crippen LogP contribution < -0.4 is 4.74 Å². The van der Waals surface area contributed by atoms with Crippen LogP contribution in [0.25, 0.3) is 10.6 Å². The van der Waals surface area contributed by atoms with Gasteiger partial charge in [-0.2, -0.15) is 0 Å². The summed E-state index contributed by atoms with van der Waals surface area (Å²) in [7, 11) is 0. The van der Waals surface area contributed by atoms with Crippen molar-refractivity contribution in [2.75, 3.05) is 26.2 Å². The van der Waals surface area contributed by atoms with Gasteiger partial charge in [0.05, 0.1) is 11.6 Å². The van der Waals surface area contributed by atoms with Crippen LogP contribution in [0.2, 0.25) is 0 Å². The van der Waals surface area contributed by atoms with E-state index in [0.29, 0.717) is 0 Å².